The number of likely N-dealkylation sites (tertiary alicyclic amines) is 1. The van der Waals surface area contributed by atoms with Gasteiger partial charge >= 0.3 is 0 Å². The van der Waals surface area contributed by atoms with Gasteiger partial charge in [0.15, 0.2) is 0 Å². The summed E-state index contributed by atoms with van der Waals surface area (Å²) in [5, 5.41) is 0.725. The Hall–Kier alpha value is -0.770. The fourth-order valence-electron chi connectivity index (χ4n) is 2.56. The minimum atomic E-state index is 0.296. The lowest BCUT2D eigenvalue weighted by Crippen LogP contribution is -2.55. The summed E-state index contributed by atoms with van der Waals surface area (Å²) in [5.41, 5.74) is 0. The number of halogens is 1. The first kappa shape index (κ1) is 12.3. The number of hydrogen-bond donors (Lipinski definition) is 0. The summed E-state index contributed by atoms with van der Waals surface area (Å²) < 4.78 is 11.5. The van der Waals surface area contributed by atoms with Gasteiger partial charge in [-0.3, -0.25) is 4.90 Å². The number of hydrogen-bond acceptors (Lipinski definition) is 3. The lowest BCUT2D eigenvalue weighted by atomic mass is 10.1. The first-order chi connectivity index (χ1) is 8.79. The highest BCUT2D eigenvalue weighted by Crippen LogP contribution is 2.23. The van der Waals surface area contributed by atoms with Gasteiger partial charge in [-0.1, -0.05) is 17.7 Å². The molecule has 2 aliphatic rings. The molecule has 0 bridgehead atoms. The third-order valence-electron chi connectivity index (χ3n) is 3.51. The Morgan fingerprint density at radius 1 is 1.39 bits per heavy atom. The van der Waals surface area contributed by atoms with Crippen molar-refractivity contribution in [1.82, 2.24) is 4.90 Å². The summed E-state index contributed by atoms with van der Waals surface area (Å²) >= 11 is 5.92. The van der Waals surface area contributed by atoms with Gasteiger partial charge in [0.1, 0.15) is 11.9 Å². The van der Waals surface area contributed by atoms with Gasteiger partial charge in [0.05, 0.1) is 6.10 Å². The Morgan fingerprint density at radius 3 is 3.00 bits per heavy atom. The molecule has 0 amide bonds. The third kappa shape index (κ3) is 2.97. The highest BCUT2D eigenvalue weighted by Gasteiger charge is 2.31. The highest BCUT2D eigenvalue weighted by atomic mass is 35.5. The van der Waals surface area contributed by atoms with Crippen LogP contribution in [0.1, 0.15) is 12.8 Å². The molecule has 3 rings (SSSR count). The Kier molecular flexibility index (Phi) is 3.73. The molecule has 3 nitrogen and oxygen atoms in total. The molecule has 0 aromatic heterocycles. The molecule has 0 saturated carbocycles. The van der Waals surface area contributed by atoms with Crippen molar-refractivity contribution in [2.45, 2.75) is 25.0 Å². The number of benzene rings is 1. The maximum atomic E-state index is 5.92. The van der Waals surface area contributed by atoms with E-state index in [1.54, 1.807) is 0 Å². The van der Waals surface area contributed by atoms with E-state index in [-0.39, 0.29) is 0 Å². The van der Waals surface area contributed by atoms with Crippen LogP contribution in [0.3, 0.4) is 0 Å². The van der Waals surface area contributed by atoms with Crippen molar-refractivity contribution in [2.24, 2.45) is 0 Å². The quantitative estimate of drug-likeness (QED) is 0.837. The Balaban J connectivity index is 1.42. The van der Waals surface area contributed by atoms with Gasteiger partial charge in [-0.15, -0.1) is 0 Å². The van der Waals surface area contributed by atoms with Crippen LogP contribution in [0.25, 0.3) is 0 Å². The zero-order valence-corrected chi connectivity index (χ0v) is 11.1. The van der Waals surface area contributed by atoms with Gasteiger partial charge in [-0.25, -0.2) is 0 Å². The maximum Gasteiger partial charge on any atom is 0.124 e. The van der Waals surface area contributed by atoms with Crippen LogP contribution in [0.15, 0.2) is 24.3 Å². The van der Waals surface area contributed by atoms with Crippen LogP contribution in [-0.2, 0) is 4.74 Å². The molecule has 0 N–H and O–H groups in total. The standard InChI is InChI=1S/C14H18ClNO2/c15-11-3-1-4-12(7-11)18-14-9-16(10-14)8-13-5-2-6-17-13/h1,3-4,7,13-14H,2,5-6,8-10H2. The van der Waals surface area contributed by atoms with E-state index in [1.807, 2.05) is 24.3 Å². The van der Waals surface area contributed by atoms with Crippen LogP contribution in [0, 0.1) is 0 Å². The van der Waals surface area contributed by atoms with Crippen LogP contribution in [-0.4, -0.2) is 43.3 Å². The third-order valence-corrected chi connectivity index (χ3v) is 3.74. The van der Waals surface area contributed by atoms with E-state index in [4.69, 9.17) is 21.1 Å². The predicted molar refractivity (Wildman–Crippen MR) is 71.3 cm³/mol. The molecule has 0 radical (unpaired) electrons. The van der Waals surface area contributed by atoms with Crippen molar-refractivity contribution in [1.29, 1.82) is 0 Å². The topological polar surface area (TPSA) is 21.7 Å². The monoisotopic (exact) mass is 267 g/mol. The molecule has 1 aromatic carbocycles. The van der Waals surface area contributed by atoms with Gasteiger partial charge < -0.3 is 9.47 Å². The molecular weight excluding hydrogens is 250 g/mol. The Bertz CT molecular complexity index is 401. The summed E-state index contributed by atoms with van der Waals surface area (Å²) in [6.07, 6.45) is 3.15. The number of rotatable bonds is 4. The number of nitrogens with zero attached hydrogens (tertiary/aromatic N) is 1. The predicted octanol–water partition coefficient (Wildman–Crippen LogP) is 2.58. The molecule has 1 atom stereocenters. The second-order valence-electron chi connectivity index (χ2n) is 5.05. The lowest BCUT2D eigenvalue weighted by molar-refractivity contribution is -0.0147. The summed E-state index contributed by atoms with van der Waals surface area (Å²) in [7, 11) is 0. The average Bonchev–Trinajstić information content (AvgIpc) is 2.79. The van der Waals surface area contributed by atoms with Crippen molar-refractivity contribution in [3.63, 3.8) is 0 Å². The van der Waals surface area contributed by atoms with Crippen molar-refractivity contribution >= 4 is 11.6 Å². The van der Waals surface area contributed by atoms with E-state index in [0.29, 0.717) is 12.2 Å². The molecule has 98 valence electrons. The van der Waals surface area contributed by atoms with Crippen molar-refractivity contribution in [3.8, 4) is 5.75 Å². The van der Waals surface area contributed by atoms with Gasteiger partial charge in [-0.05, 0) is 31.0 Å². The fraction of sp³-hybridized carbons (Fsp3) is 0.571. The smallest absolute Gasteiger partial charge is 0.124 e. The molecule has 0 spiro atoms. The van der Waals surface area contributed by atoms with Crippen molar-refractivity contribution < 1.29 is 9.47 Å². The molecule has 1 unspecified atom stereocenters. The minimum Gasteiger partial charge on any atom is -0.488 e. The largest absolute Gasteiger partial charge is 0.488 e. The van der Waals surface area contributed by atoms with E-state index >= 15 is 0 Å². The van der Waals surface area contributed by atoms with Crippen LogP contribution < -0.4 is 4.74 Å². The van der Waals surface area contributed by atoms with E-state index in [0.717, 1.165) is 37.0 Å². The molecule has 2 saturated heterocycles. The second kappa shape index (κ2) is 5.47. The zero-order chi connectivity index (χ0) is 12.4. The molecule has 1 aromatic rings. The second-order valence-corrected chi connectivity index (χ2v) is 5.49. The fourth-order valence-corrected chi connectivity index (χ4v) is 2.74. The van der Waals surface area contributed by atoms with E-state index in [9.17, 15) is 0 Å². The molecule has 0 aliphatic carbocycles. The van der Waals surface area contributed by atoms with Crippen molar-refractivity contribution in [2.75, 3.05) is 26.2 Å². The van der Waals surface area contributed by atoms with Gasteiger partial charge in [0, 0.05) is 31.3 Å². The maximum absolute atomic E-state index is 5.92. The van der Waals surface area contributed by atoms with Gasteiger partial charge in [-0.2, -0.15) is 0 Å². The SMILES string of the molecule is Clc1cccc(OC2CN(CC3CCCO3)C2)c1. The molecule has 2 heterocycles. The molecule has 2 aliphatic heterocycles. The van der Waals surface area contributed by atoms with Crippen LogP contribution in [0.5, 0.6) is 5.75 Å². The molecule has 2 fully saturated rings. The Labute approximate surface area is 113 Å². The summed E-state index contributed by atoms with van der Waals surface area (Å²) in [6, 6.07) is 7.60. The summed E-state index contributed by atoms with van der Waals surface area (Å²) in [5.74, 6) is 0.865. The average molecular weight is 268 g/mol. The highest BCUT2D eigenvalue weighted by molar-refractivity contribution is 6.30. The summed E-state index contributed by atoms with van der Waals surface area (Å²) in [4.78, 5) is 2.39. The summed E-state index contributed by atoms with van der Waals surface area (Å²) in [6.45, 7) is 3.97. The van der Waals surface area contributed by atoms with E-state index in [2.05, 4.69) is 4.90 Å². The van der Waals surface area contributed by atoms with Crippen LogP contribution >= 0.6 is 11.6 Å². The molecule has 18 heavy (non-hydrogen) atoms. The zero-order valence-electron chi connectivity index (χ0n) is 10.3. The van der Waals surface area contributed by atoms with E-state index in [1.165, 1.54) is 12.8 Å². The molecular formula is C14H18ClNO2. The lowest BCUT2D eigenvalue weighted by Gasteiger charge is -2.40. The Morgan fingerprint density at radius 2 is 2.28 bits per heavy atom. The molecule has 4 heteroatoms. The van der Waals surface area contributed by atoms with Gasteiger partial charge in [0.25, 0.3) is 0 Å². The number of ether oxygens (including phenoxy) is 2. The van der Waals surface area contributed by atoms with Crippen LogP contribution in [0.2, 0.25) is 5.02 Å². The minimum absolute atomic E-state index is 0.296. The van der Waals surface area contributed by atoms with Gasteiger partial charge in [0.2, 0.25) is 0 Å². The van der Waals surface area contributed by atoms with Crippen LogP contribution in [0.4, 0.5) is 0 Å². The first-order valence-corrected chi connectivity index (χ1v) is 6.93. The van der Waals surface area contributed by atoms with E-state index < -0.39 is 0 Å². The van der Waals surface area contributed by atoms with Crippen molar-refractivity contribution in [3.05, 3.63) is 29.3 Å². The first-order valence-electron chi connectivity index (χ1n) is 6.56. The normalized spacial score (nSPS) is 25.1.